The average molecular weight is 355 g/mol. The van der Waals surface area contributed by atoms with E-state index in [1.54, 1.807) is 29.1 Å². The van der Waals surface area contributed by atoms with Crippen LogP contribution in [0.4, 0.5) is 0 Å². The van der Waals surface area contributed by atoms with Crippen LogP contribution in [0.1, 0.15) is 17.2 Å². The predicted molar refractivity (Wildman–Crippen MR) is 92.0 cm³/mol. The Hall–Kier alpha value is -3.32. The normalized spacial score (nSPS) is 19.0. The van der Waals surface area contributed by atoms with Crippen LogP contribution in [0.15, 0.2) is 48.8 Å². The maximum absolute atomic E-state index is 10.6. The summed E-state index contributed by atoms with van der Waals surface area (Å²) in [6, 6.07) is 9.06. The van der Waals surface area contributed by atoms with Crippen molar-refractivity contribution >= 4 is 0 Å². The second-order valence-electron chi connectivity index (χ2n) is 6.22. The summed E-state index contributed by atoms with van der Waals surface area (Å²) < 4.78 is 7.36. The van der Waals surface area contributed by atoms with Gasteiger partial charge < -0.3 is 34.8 Å². The number of ether oxygens (including phenoxy) is 1. The molecule has 0 fully saturated rings. The number of aromatic nitrogens is 1. The van der Waals surface area contributed by atoms with Crippen molar-refractivity contribution in [2.75, 3.05) is 0 Å². The third-order valence-corrected chi connectivity index (χ3v) is 4.53. The van der Waals surface area contributed by atoms with Crippen LogP contribution in [-0.4, -0.2) is 36.2 Å². The summed E-state index contributed by atoms with van der Waals surface area (Å²) >= 11 is 0. The van der Waals surface area contributed by atoms with Gasteiger partial charge in [0, 0.05) is 30.4 Å². The molecule has 0 bridgehead atoms. The Kier molecular flexibility index (Phi) is 3.66. The highest BCUT2D eigenvalue weighted by molar-refractivity contribution is 5.65. The highest BCUT2D eigenvalue weighted by atomic mass is 16.5. The molecule has 1 aliphatic rings. The minimum absolute atomic E-state index is 0.0992. The molecule has 4 rings (SSSR count). The van der Waals surface area contributed by atoms with Crippen LogP contribution in [0.2, 0.25) is 0 Å². The Morgan fingerprint density at radius 2 is 1.65 bits per heavy atom. The second-order valence-corrected chi connectivity index (χ2v) is 6.22. The van der Waals surface area contributed by atoms with Gasteiger partial charge in [-0.2, -0.15) is 0 Å². The number of benzene rings is 2. The molecule has 2 heterocycles. The minimum atomic E-state index is -0.987. The van der Waals surface area contributed by atoms with Crippen LogP contribution in [0.3, 0.4) is 0 Å². The molecule has 7 heteroatoms. The number of phenolic OH excluding ortho intramolecular Hbond substituents is 4. The first-order valence-electron chi connectivity index (χ1n) is 8.03. The smallest absolute Gasteiger partial charge is 0.157 e. The van der Waals surface area contributed by atoms with E-state index in [0.29, 0.717) is 11.1 Å². The van der Waals surface area contributed by atoms with Gasteiger partial charge in [0.05, 0.1) is 6.10 Å². The molecule has 26 heavy (non-hydrogen) atoms. The zero-order valence-corrected chi connectivity index (χ0v) is 13.6. The summed E-state index contributed by atoms with van der Waals surface area (Å²) in [6.45, 7) is 0. The molecule has 2 aromatic carbocycles. The van der Waals surface area contributed by atoms with Crippen molar-refractivity contribution in [3.63, 3.8) is 0 Å². The van der Waals surface area contributed by atoms with Crippen LogP contribution in [0, 0.1) is 0 Å². The number of hydrogen-bond acceptors (Lipinski definition) is 6. The van der Waals surface area contributed by atoms with Gasteiger partial charge in [0.25, 0.3) is 0 Å². The van der Waals surface area contributed by atoms with Crippen molar-refractivity contribution in [3.05, 3.63) is 59.9 Å². The van der Waals surface area contributed by atoms with E-state index in [-0.39, 0.29) is 40.9 Å². The van der Waals surface area contributed by atoms with Crippen molar-refractivity contribution in [2.24, 2.45) is 0 Å². The highest BCUT2D eigenvalue weighted by Gasteiger charge is 2.34. The molecule has 0 saturated carbocycles. The highest BCUT2D eigenvalue weighted by Crippen LogP contribution is 2.46. The first-order valence-corrected chi connectivity index (χ1v) is 8.03. The average Bonchev–Trinajstić information content (AvgIpc) is 3.12. The molecule has 5 N–H and O–H groups in total. The lowest BCUT2D eigenvalue weighted by molar-refractivity contribution is 0.0197. The number of nitrogens with zero attached hydrogens (tertiary/aromatic N) is 1. The topological polar surface area (TPSA) is 115 Å². The monoisotopic (exact) mass is 355 g/mol. The molecule has 134 valence electrons. The van der Waals surface area contributed by atoms with Crippen LogP contribution in [-0.2, 0) is 6.42 Å². The molecule has 2 atom stereocenters. The van der Waals surface area contributed by atoms with Crippen molar-refractivity contribution in [2.45, 2.75) is 18.6 Å². The second kappa shape index (κ2) is 5.89. The number of hydrogen-bond donors (Lipinski definition) is 5. The number of aliphatic hydroxyl groups is 1. The molecule has 1 aliphatic heterocycles. The molecular formula is C19H17NO6. The minimum Gasteiger partial charge on any atom is -0.505 e. The van der Waals surface area contributed by atoms with E-state index in [9.17, 15) is 25.5 Å². The number of aliphatic hydroxyl groups excluding tert-OH is 1. The number of aromatic hydroxyl groups is 4. The fourth-order valence-electron chi connectivity index (χ4n) is 3.24. The first-order chi connectivity index (χ1) is 12.5. The largest absolute Gasteiger partial charge is 0.505 e. The molecule has 3 aromatic rings. The fraction of sp³-hybridized carbons (Fsp3) is 0.158. The maximum atomic E-state index is 10.6. The fourth-order valence-corrected chi connectivity index (χ4v) is 3.24. The van der Waals surface area contributed by atoms with Crippen molar-refractivity contribution in [1.29, 1.82) is 0 Å². The van der Waals surface area contributed by atoms with Gasteiger partial charge in [0.15, 0.2) is 11.5 Å². The summed E-state index contributed by atoms with van der Waals surface area (Å²) in [5.74, 6) is -0.675. The van der Waals surface area contributed by atoms with E-state index in [1.165, 1.54) is 24.3 Å². The lowest BCUT2D eigenvalue weighted by Crippen LogP contribution is -2.30. The molecule has 0 unspecified atom stereocenters. The Balaban J connectivity index is 1.76. The van der Waals surface area contributed by atoms with E-state index in [4.69, 9.17) is 4.74 Å². The van der Waals surface area contributed by atoms with E-state index in [0.717, 1.165) is 0 Å². The van der Waals surface area contributed by atoms with E-state index in [1.807, 2.05) is 0 Å². The van der Waals surface area contributed by atoms with Gasteiger partial charge in [0.1, 0.15) is 29.0 Å². The zero-order valence-electron chi connectivity index (χ0n) is 13.6. The van der Waals surface area contributed by atoms with E-state index < -0.39 is 12.2 Å². The molecule has 0 saturated heterocycles. The lowest BCUT2D eigenvalue weighted by atomic mass is 9.93. The van der Waals surface area contributed by atoms with Crippen molar-refractivity contribution in [1.82, 2.24) is 4.57 Å². The molecular weight excluding hydrogens is 338 g/mol. The van der Waals surface area contributed by atoms with Gasteiger partial charge >= 0.3 is 0 Å². The standard InChI is InChI=1S/C19H17NO6/c21-12-4-3-10(7-13(12)22)19-15(24)8-11-16(26-19)9-14(23)17(18(11)25)20-5-1-2-6-20/h1-7,9,15,19,21-25H,8H2/t15-,19+/m1/s1. The third-order valence-electron chi connectivity index (χ3n) is 4.53. The Labute approximate surface area is 148 Å². The van der Waals surface area contributed by atoms with Crippen LogP contribution in [0.25, 0.3) is 5.69 Å². The number of rotatable bonds is 2. The van der Waals surface area contributed by atoms with Crippen LogP contribution in [0.5, 0.6) is 28.7 Å². The Bertz CT molecular complexity index is 967. The van der Waals surface area contributed by atoms with Gasteiger partial charge in [-0.3, -0.25) is 0 Å². The quantitative estimate of drug-likeness (QED) is 0.451. The van der Waals surface area contributed by atoms with Crippen LogP contribution < -0.4 is 4.74 Å². The molecule has 0 radical (unpaired) electrons. The summed E-state index contributed by atoms with van der Waals surface area (Å²) in [6.07, 6.45) is 1.67. The first kappa shape index (κ1) is 16.2. The maximum Gasteiger partial charge on any atom is 0.157 e. The summed E-state index contributed by atoms with van der Waals surface area (Å²) in [5.41, 5.74) is 1.07. The van der Waals surface area contributed by atoms with Crippen molar-refractivity contribution < 1.29 is 30.3 Å². The molecule has 0 aliphatic carbocycles. The van der Waals surface area contributed by atoms with E-state index in [2.05, 4.69) is 0 Å². The van der Waals surface area contributed by atoms with Gasteiger partial charge in [0.2, 0.25) is 0 Å². The lowest BCUT2D eigenvalue weighted by Gasteiger charge is -2.32. The van der Waals surface area contributed by atoms with Gasteiger partial charge in [-0.15, -0.1) is 0 Å². The van der Waals surface area contributed by atoms with Gasteiger partial charge in [-0.05, 0) is 29.8 Å². The zero-order chi connectivity index (χ0) is 18.4. The molecule has 0 amide bonds. The summed E-state index contributed by atoms with van der Waals surface area (Å²) in [7, 11) is 0. The van der Waals surface area contributed by atoms with Gasteiger partial charge in [-0.25, -0.2) is 0 Å². The summed E-state index contributed by atoms with van der Waals surface area (Å²) in [4.78, 5) is 0. The van der Waals surface area contributed by atoms with Crippen molar-refractivity contribution in [3.8, 4) is 34.4 Å². The van der Waals surface area contributed by atoms with Crippen LogP contribution >= 0.6 is 0 Å². The van der Waals surface area contributed by atoms with Gasteiger partial charge in [-0.1, -0.05) is 6.07 Å². The predicted octanol–water partition coefficient (Wildman–Crippen LogP) is 2.34. The number of fused-ring (bicyclic) bond motifs is 1. The molecule has 1 aromatic heterocycles. The van der Waals surface area contributed by atoms with E-state index >= 15 is 0 Å². The SMILES string of the molecule is Oc1ccc([C@@H]2Oc3cc(O)c(-n4cccc4)c(O)c3C[C@H]2O)cc1O. The Morgan fingerprint density at radius 3 is 2.35 bits per heavy atom. The molecule has 0 spiro atoms. The Morgan fingerprint density at radius 1 is 0.923 bits per heavy atom. The number of phenols is 4. The molecule has 7 nitrogen and oxygen atoms in total. The third kappa shape index (κ3) is 2.49. The summed E-state index contributed by atoms with van der Waals surface area (Å²) in [5, 5.41) is 50.5.